The van der Waals surface area contributed by atoms with Crippen molar-refractivity contribution in [3.8, 4) is 0 Å². The molecule has 0 bridgehead atoms. The number of hydrogen-bond acceptors (Lipinski definition) is 3. The third-order valence-electron chi connectivity index (χ3n) is 2.80. The minimum absolute atomic E-state index is 0.0125. The Morgan fingerprint density at radius 1 is 1.24 bits per heavy atom. The Morgan fingerprint density at radius 3 is 2.35 bits per heavy atom. The van der Waals surface area contributed by atoms with Crippen LogP contribution in [0, 0.1) is 0 Å². The number of rotatable bonds is 3. The van der Waals surface area contributed by atoms with E-state index in [4.69, 9.17) is 5.73 Å². The molecule has 1 aliphatic rings. The van der Waals surface area contributed by atoms with E-state index in [2.05, 4.69) is 47.9 Å². The van der Waals surface area contributed by atoms with E-state index in [1.165, 1.54) is 0 Å². The Balaban J connectivity index is 2.20. The molecule has 0 saturated carbocycles. The van der Waals surface area contributed by atoms with E-state index in [0.717, 1.165) is 39.3 Å². The van der Waals surface area contributed by atoms with Crippen LogP contribution in [0.5, 0.6) is 0 Å². The highest BCUT2D eigenvalue weighted by atomic mass is 15.2. The molecule has 5 nitrogen and oxygen atoms in total. The van der Waals surface area contributed by atoms with Crippen LogP contribution in [0.3, 0.4) is 0 Å². The summed E-state index contributed by atoms with van der Waals surface area (Å²) >= 11 is 0. The van der Waals surface area contributed by atoms with Crippen LogP contribution in [0.1, 0.15) is 20.8 Å². The van der Waals surface area contributed by atoms with E-state index in [1.54, 1.807) is 0 Å². The smallest absolute Gasteiger partial charge is 0.189 e. The first-order valence-corrected chi connectivity index (χ1v) is 6.36. The minimum Gasteiger partial charge on any atom is -0.370 e. The van der Waals surface area contributed by atoms with Gasteiger partial charge in [-0.25, -0.2) is 0 Å². The maximum absolute atomic E-state index is 5.81. The molecular weight excluding hydrogens is 214 g/mol. The minimum atomic E-state index is -0.0125. The fraction of sp³-hybridized carbons (Fsp3) is 0.917. The van der Waals surface area contributed by atoms with Gasteiger partial charge in [-0.3, -0.25) is 9.89 Å². The number of hydrogen-bond donors (Lipinski definition) is 2. The van der Waals surface area contributed by atoms with Gasteiger partial charge in [0.05, 0.1) is 6.54 Å². The fourth-order valence-corrected chi connectivity index (χ4v) is 1.81. The predicted molar refractivity (Wildman–Crippen MR) is 73.3 cm³/mol. The molecule has 5 heteroatoms. The molecule has 17 heavy (non-hydrogen) atoms. The highest BCUT2D eigenvalue weighted by molar-refractivity contribution is 5.78. The number of nitrogens with one attached hydrogen (secondary N) is 1. The molecule has 0 aromatic rings. The van der Waals surface area contributed by atoms with Gasteiger partial charge < -0.3 is 16.0 Å². The molecule has 0 spiro atoms. The fourth-order valence-electron chi connectivity index (χ4n) is 1.81. The zero-order chi connectivity index (χ0) is 12.9. The monoisotopic (exact) mass is 241 g/mol. The summed E-state index contributed by atoms with van der Waals surface area (Å²) in [6.07, 6.45) is 0. The Kier molecular flexibility index (Phi) is 5.21. The standard InChI is InChI=1S/C12H27N5/c1-12(2,3)15-11(13)14-5-6-17-9-7-16(4)8-10-17/h5-10H2,1-4H3,(H3,13,14,15). The van der Waals surface area contributed by atoms with Crippen LogP contribution in [0.25, 0.3) is 0 Å². The van der Waals surface area contributed by atoms with Gasteiger partial charge in [0.25, 0.3) is 0 Å². The molecule has 0 unspecified atom stereocenters. The number of piperazine rings is 1. The second kappa shape index (κ2) is 6.21. The first kappa shape index (κ1) is 14.3. The van der Waals surface area contributed by atoms with Crippen molar-refractivity contribution in [3.05, 3.63) is 0 Å². The topological polar surface area (TPSA) is 56.9 Å². The highest BCUT2D eigenvalue weighted by Gasteiger charge is 2.13. The van der Waals surface area contributed by atoms with Crippen LogP contribution in [0.2, 0.25) is 0 Å². The van der Waals surface area contributed by atoms with E-state index in [1.807, 2.05) is 0 Å². The molecule has 0 aromatic heterocycles. The molecule has 100 valence electrons. The molecule has 0 radical (unpaired) electrons. The Labute approximate surface area is 105 Å². The molecule has 1 rings (SSSR count). The average molecular weight is 241 g/mol. The quantitative estimate of drug-likeness (QED) is 0.537. The lowest BCUT2D eigenvalue weighted by atomic mass is 10.1. The van der Waals surface area contributed by atoms with Crippen molar-refractivity contribution in [1.82, 2.24) is 15.1 Å². The lowest BCUT2D eigenvalue weighted by molar-refractivity contribution is 0.157. The molecule has 1 aliphatic heterocycles. The molecule has 0 aromatic carbocycles. The number of nitrogens with two attached hydrogens (primary N) is 1. The molecule has 3 N–H and O–H groups in total. The van der Waals surface area contributed by atoms with E-state index in [0.29, 0.717) is 5.96 Å². The van der Waals surface area contributed by atoms with Gasteiger partial charge in [-0.1, -0.05) is 0 Å². The summed E-state index contributed by atoms with van der Waals surface area (Å²) in [5.74, 6) is 0.548. The van der Waals surface area contributed by atoms with Crippen molar-refractivity contribution < 1.29 is 0 Å². The van der Waals surface area contributed by atoms with Crippen molar-refractivity contribution >= 4 is 5.96 Å². The normalized spacial score (nSPS) is 20.6. The second-order valence-electron chi connectivity index (χ2n) is 5.79. The van der Waals surface area contributed by atoms with E-state index < -0.39 is 0 Å². The van der Waals surface area contributed by atoms with Gasteiger partial charge >= 0.3 is 0 Å². The van der Waals surface area contributed by atoms with Crippen LogP contribution in [-0.2, 0) is 0 Å². The van der Waals surface area contributed by atoms with E-state index in [-0.39, 0.29) is 5.54 Å². The Hall–Kier alpha value is -0.810. The highest BCUT2D eigenvalue weighted by Crippen LogP contribution is 1.99. The first-order chi connectivity index (χ1) is 7.87. The average Bonchev–Trinajstić information content (AvgIpc) is 2.18. The summed E-state index contributed by atoms with van der Waals surface area (Å²) in [6.45, 7) is 12.6. The lowest BCUT2D eigenvalue weighted by Crippen LogP contribution is -2.46. The number of aliphatic imine (C=N–C) groups is 1. The number of nitrogens with zero attached hydrogens (tertiary/aromatic N) is 3. The van der Waals surface area contributed by atoms with Gasteiger partial charge in [0, 0.05) is 38.3 Å². The molecular formula is C12H27N5. The van der Waals surface area contributed by atoms with Gasteiger partial charge in [-0.05, 0) is 27.8 Å². The first-order valence-electron chi connectivity index (χ1n) is 6.36. The van der Waals surface area contributed by atoms with Crippen LogP contribution < -0.4 is 11.1 Å². The van der Waals surface area contributed by atoms with E-state index in [9.17, 15) is 0 Å². The van der Waals surface area contributed by atoms with Crippen LogP contribution >= 0.6 is 0 Å². The number of likely N-dealkylation sites (N-methyl/N-ethyl adjacent to an activating group) is 1. The summed E-state index contributed by atoms with van der Waals surface area (Å²) in [7, 11) is 2.17. The van der Waals surface area contributed by atoms with Gasteiger partial charge in [-0.15, -0.1) is 0 Å². The van der Waals surface area contributed by atoms with Gasteiger partial charge in [0.15, 0.2) is 5.96 Å². The molecule has 1 saturated heterocycles. The van der Waals surface area contributed by atoms with Crippen molar-refractivity contribution in [2.45, 2.75) is 26.3 Å². The second-order valence-corrected chi connectivity index (χ2v) is 5.79. The largest absolute Gasteiger partial charge is 0.370 e. The van der Waals surface area contributed by atoms with E-state index >= 15 is 0 Å². The lowest BCUT2D eigenvalue weighted by Gasteiger charge is -2.31. The summed E-state index contributed by atoms with van der Waals surface area (Å²) in [6, 6.07) is 0. The van der Waals surface area contributed by atoms with Crippen LogP contribution in [0.4, 0.5) is 0 Å². The third-order valence-corrected chi connectivity index (χ3v) is 2.80. The van der Waals surface area contributed by atoms with Crippen LogP contribution in [-0.4, -0.2) is 67.6 Å². The third kappa shape index (κ3) is 6.48. The molecule has 0 aliphatic carbocycles. The zero-order valence-electron chi connectivity index (χ0n) is 11.7. The van der Waals surface area contributed by atoms with Crippen LogP contribution in [0.15, 0.2) is 4.99 Å². The molecule has 1 heterocycles. The molecule has 0 atom stereocenters. The maximum Gasteiger partial charge on any atom is 0.189 e. The zero-order valence-corrected chi connectivity index (χ0v) is 11.7. The Bertz CT molecular complexity index is 248. The summed E-state index contributed by atoms with van der Waals surface area (Å²) in [5, 5.41) is 3.16. The van der Waals surface area contributed by atoms with Crippen molar-refractivity contribution in [3.63, 3.8) is 0 Å². The SMILES string of the molecule is CN1CCN(CCN=C(N)NC(C)(C)C)CC1. The van der Waals surface area contributed by atoms with Crippen molar-refractivity contribution in [2.24, 2.45) is 10.7 Å². The van der Waals surface area contributed by atoms with Gasteiger partial charge in [-0.2, -0.15) is 0 Å². The van der Waals surface area contributed by atoms with Crippen molar-refractivity contribution in [2.75, 3.05) is 46.3 Å². The molecule has 0 amide bonds. The van der Waals surface area contributed by atoms with Gasteiger partial charge in [0.2, 0.25) is 0 Å². The van der Waals surface area contributed by atoms with Crippen molar-refractivity contribution in [1.29, 1.82) is 0 Å². The molecule has 1 fully saturated rings. The predicted octanol–water partition coefficient (Wildman–Crippen LogP) is -0.0634. The Morgan fingerprint density at radius 2 is 1.82 bits per heavy atom. The summed E-state index contributed by atoms with van der Waals surface area (Å²) < 4.78 is 0. The summed E-state index contributed by atoms with van der Waals surface area (Å²) in [4.78, 5) is 9.15. The summed E-state index contributed by atoms with van der Waals surface area (Å²) in [5.41, 5.74) is 5.80. The maximum atomic E-state index is 5.81. The van der Waals surface area contributed by atoms with Gasteiger partial charge in [0.1, 0.15) is 0 Å². The number of guanidine groups is 1.